The number of rotatable bonds is 3. The predicted octanol–water partition coefficient (Wildman–Crippen LogP) is 1.58. The van der Waals surface area contributed by atoms with Crippen molar-refractivity contribution in [3.63, 3.8) is 0 Å². The van der Waals surface area contributed by atoms with E-state index < -0.39 is 0 Å². The van der Waals surface area contributed by atoms with Crippen molar-refractivity contribution in [2.45, 2.75) is 31.7 Å². The first-order chi connectivity index (χ1) is 9.36. The molecule has 5 nitrogen and oxygen atoms in total. The number of likely N-dealkylation sites (tertiary alicyclic amines) is 1. The molecule has 0 radical (unpaired) electrons. The quantitative estimate of drug-likeness (QED) is 0.895. The summed E-state index contributed by atoms with van der Waals surface area (Å²) in [5, 5.41) is 3.08. The highest BCUT2D eigenvalue weighted by Gasteiger charge is 2.29. The fourth-order valence-electron chi connectivity index (χ4n) is 3.19. The molecule has 0 amide bonds. The molecule has 2 aliphatic heterocycles. The maximum Gasteiger partial charge on any atom is 0.134 e. The Morgan fingerprint density at radius 3 is 2.79 bits per heavy atom. The van der Waals surface area contributed by atoms with Gasteiger partial charge in [0.15, 0.2) is 0 Å². The molecular weight excluding hydrogens is 238 g/mol. The summed E-state index contributed by atoms with van der Waals surface area (Å²) in [5.74, 6) is 1.95. The van der Waals surface area contributed by atoms with Gasteiger partial charge in [-0.2, -0.15) is 0 Å². The Morgan fingerprint density at radius 2 is 2.00 bits per heavy atom. The van der Waals surface area contributed by atoms with Crippen LogP contribution in [0.25, 0.3) is 0 Å². The normalized spacial score (nSPS) is 24.7. The summed E-state index contributed by atoms with van der Waals surface area (Å²) < 4.78 is 0. The first-order valence-corrected chi connectivity index (χ1v) is 7.35. The monoisotopic (exact) mass is 261 g/mol. The number of anilines is 2. The Hall–Kier alpha value is -1.36. The van der Waals surface area contributed by atoms with Crippen molar-refractivity contribution in [1.29, 1.82) is 0 Å². The van der Waals surface area contributed by atoms with E-state index in [1.165, 1.54) is 38.8 Å². The SMILES string of the molecule is CNc1cc(N2CCC(N3CCCCC3)C2)ncn1. The fraction of sp³-hybridized carbons (Fsp3) is 0.714. The topological polar surface area (TPSA) is 44.3 Å². The van der Waals surface area contributed by atoms with Gasteiger partial charge in [-0.05, 0) is 32.4 Å². The van der Waals surface area contributed by atoms with Crippen LogP contribution >= 0.6 is 0 Å². The molecule has 0 saturated carbocycles. The molecule has 2 aliphatic rings. The molecule has 104 valence electrons. The fourth-order valence-corrected chi connectivity index (χ4v) is 3.19. The van der Waals surface area contributed by atoms with Crippen molar-refractivity contribution < 1.29 is 0 Å². The maximum absolute atomic E-state index is 4.41. The molecule has 2 saturated heterocycles. The molecule has 0 aromatic carbocycles. The van der Waals surface area contributed by atoms with Gasteiger partial charge in [0.2, 0.25) is 0 Å². The molecule has 19 heavy (non-hydrogen) atoms. The third kappa shape index (κ3) is 2.81. The van der Waals surface area contributed by atoms with Crippen LogP contribution in [0.5, 0.6) is 0 Å². The number of piperidine rings is 1. The van der Waals surface area contributed by atoms with Crippen LogP contribution in [-0.2, 0) is 0 Å². The lowest BCUT2D eigenvalue weighted by Gasteiger charge is -2.32. The Morgan fingerprint density at radius 1 is 1.16 bits per heavy atom. The van der Waals surface area contributed by atoms with Crippen molar-refractivity contribution in [1.82, 2.24) is 14.9 Å². The minimum absolute atomic E-state index is 0.716. The van der Waals surface area contributed by atoms with Crippen LogP contribution in [0.1, 0.15) is 25.7 Å². The smallest absolute Gasteiger partial charge is 0.134 e. The van der Waals surface area contributed by atoms with E-state index in [0.29, 0.717) is 6.04 Å². The average molecular weight is 261 g/mol. The van der Waals surface area contributed by atoms with E-state index in [9.17, 15) is 0 Å². The Labute approximate surface area is 115 Å². The van der Waals surface area contributed by atoms with E-state index in [4.69, 9.17) is 0 Å². The molecule has 0 bridgehead atoms. The van der Waals surface area contributed by atoms with Crippen LogP contribution in [0.4, 0.5) is 11.6 Å². The molecule has 3 rings (SSSR count). The van der Waals surface area contributed by atoms with Gasteiger partial charge in [0.05, 0.1) is 0 Å². The largest absolute Gasteiger partial charge is 0.373 e. The second-order valence-electron chi connectivity index (χ2n) is 5.50. The highest BCUT2D eigenvalue weighted by molar-refractivity contribution is 5.48. The number of nitrogens with zero attached hydrogens (tertiary/aromatic N) is 4. The first-order valence-electron chi connectivity index (χ1n) is 7.35. The molecule has 1 N–H and O–H groups in total. The third-order valence-electron chi connectivity index (χ3n) is 4.30. The van der Waals surface area contributed by atoms with Gasteiger partial charge in [0.1, 0.15) is 18.0 Å². The Balaban J connectivity index is 1.64. The molecular formula is C14H23N5. The van der Waals surface area contributed by atoms with E-state index >= 15 is 0 Å². The van der Waals surface area contributed by atoms with Crippen molar-refractivity contribution in [3.8, 4) is 0 Å². The molecule has 5 heteroatoms. The Bertz CT molecular complexity index is 416. The van der Waals surface area contributed by atoms with Gasteiger partial charge in [0, 0.05) is 32.2 Å². The van der Waals surface area contributed by atoms with Crippen molar-refractivity contribution in [2.24, 2.45) is 0 Å². The number of nitrogens with one attached hydrogen (secondary N) is 1. The lowest BCUT2D eigenvalue weighted by atomic mass is 10.1. The van der Waals surface area contributed by atoms with E-state index in [0.717, 1.165) is 24.7 Å². The second kappa shape index (κ2) is 5.74. The van der Waals surface area contributed by atoms with Crippen LogP contribution in [0, 0.1) is 0 Å². The molecule has 1 aromatic heterocycles. The lowest BCUT2D eigenvalue weighted by Crippen LogP contribution is -2.40. The van der Waals surface area contributed by atoms with Crippen molar-refractivity contribution in [2.75, 3.05) is 43.4 Å². The summed E-state index contributed by atoms with van der Waals surface area (Å²) in [7, 11) is 1.90. The third-order valence-corrected chi connectivity index (χ3v) is 4.30. The number of aromatic nitrogens is 2. The molecule has 1 unspecified atom stereocenters. The molecule has 0 spiro atoms. The maximum atomic E-state index is 4.41. The van der Waals surface area contributed by atoms with E-state index in [2.05, 4.69) is 25.1 Å². The van der Waals surface area contributed by atoms with Gasteiger partial charge in [0.25, 0.3) is 0 Å². The molecule has 0 aliphatic carbocycles. The first kappa shape index (κ1) is 12.7. The predicted molar refractivity (Wildman–Crippen MR) is 77.6 cm³/mol. The van der Waals surface area contributed by atoms with Crippen LogP contribution in [0.15, 0.2) is 12.4 Å². The van der Waals surface area contributed by atoms with Crippen LogP contribution in [-0.4, -0.2) is 54.1 Å². The van der Waals surface area contributed by atoms with Gasteiger partial charge < -0.3 is 10.2 Å². The van der Waals surface area contributed by atoms with Crippen LogP contribution in [0.3, 0.4) is 0 Å². The standard InChI is InChI=1S/C14H23N5/c1-15-13-9-14(17-11-16-13)19-8-5-12(10-19)18-6-3-2-4-7-18/h9,11-12H,2-8,10H2,1H3,(H,15,16,17). The minimum Gasteiger partial charge on any atom is -0.373 e. The summed E-state index contributed by atoms with van der Waals surface area (Å²) >= 11 is 0. The van der Waals surface area contributed by atoms with E-state index in [1.54, 1.807) is 6.33 Å². The minimum atomic E-state index is 0.716. The molecule has 2 fully saturated rings. The highest BCUT2D eigenvalue weighted by atomic mass is 15.3. The van der Waals surface area contributed by atoms with Crippen molar-refractivity contribution in [3.05, 3.63) is 12.4 Å². The summed E-state index contributed by atoms with van der Waals surface area (Å²) in [6.07, 6.45) is 7.06. The van der Waals surface area contributed by atoms with Gasteiger partial charge in [-0.15, -0.1) is 0 Å². The van der Waals surface area contributed by atoms with Crippen LogP contribution < -0.4 is 10.2 Å². The number of hydrogen-bond donors (Lipinski definition) is 1. The molecule has 1 aromatic rings. The van der Waals surface area contributed by atoms with Gasteiger partial charge in [-0.25, -0.2) is 9.97 Å². The number of hydrogen-bond acceptors (Lipinski definition) is 5. The average Bonchev–Trinajstić information content (AvgIpc) is 2.98. The zero-order chi connectivity index (χ0) is 13.1. The van der Waals surface area contributed by atoms with Gasteiger partial charge in [-0.3, -0.25) is 4.90 Å². The molecule has 1 atom stereocenters. The second-order valence-corrected chi connectivity index (χ2v) is 5.50. The lowest BCUT2D eigenvalue weighted by molar-refractivity contribution is 0.175. The van der Waals surface area contributed by atoms with E-state index in [1.807, 2.05) is 13.1 Å². The summed E-state index contributed by atoms with van der Waals surface area (Å²) in [6.45, 7) is 4.79. The Kier molecular flexibility index (Phi) is 3.82. The van der Waals surface area contributed by atoms with Crippen LogP contribution in [0.2, 0.25) is 0 Å². The van der Waals surface area contributed by atoms with E-state index in [-0.39, 0.29) is 0 Å². The molecule has 3 heterocycles. The zero-order valence-corrected chi connectivity index (χ0v) is 11.7. The van der Waals surface area contributed by atoms with Gasteiger partial charge >= 0.3 is 0 Å². The summed E-state index contributed by atoms with van der Waals surface area (Å²) in [5.41, 5.74) is 0. The van der Waals surface area contributed by atoms with Crippen molar-refractivity contribution >= 4 is 11.6 Å². The zero-order valence-electron chi connectivity index (χ0n) is 11.7. The summed E-state index contributed by atoms with van der Waals surface area (Å²) in [6, 6.07) is 2.76. The highest BCUT2D eigenvalue weighted by Crippen LogP contribution is 2.24. The summed E-state index contributed by atoms with van der Waals surface area (Å²) in [4.78, 5) is 13.6. The van der Waals surface area contributed by atoms with Gasteiger partial charge in [-0.1, -0.05) is 6.42 Å².